The molecule has 1 atom stereocenters. The van der Waals surface area contributed by atoms with E-state index in [4.69, 9.17) is 0 Å². The van der Waals surface area contributed by atoms with E-state index in [1.54, 1.807) is 24.3 Å². The Labute approximate surface area is 205 Å². The van der Waals surface area contributed by atoms with Crippen LogP contribution in [0.2, 0.25) is 0 Å². The summed E-state index contributed by atoms with van der Waals surface area (Å²) in [5, 5.41) is 6.46. The van der Waals surface area contributed by atoms with Gasteiger partial charge in [0.2, 0.25) is 11.8 Å². The molecule has 35 heavy (non-hydrogen) atoms. The van der Waals surface area contributed by atoms with E-state index in [-0.39, 0.29) is 29.7 Å². The number of Topliss-reactive ketones (excluding diaryl/α,β-unsaturated/α-hetero) is 1. The number of rotatable bonds is 7. The van der Waals surface area contributed by atoms with Crippen molar-refractivity contribution in [1.82, 2.24) is 19.9 Å². The van der Waals surface area contributed by atoms with Crippen LogP contribution in [0, 0.1) is 5.92 Å². The number of ketones is 1. The number of carbonyl (C=O) groups excluding carboxylic acids is 3. The van der Waals surface area contributed by atoms with Crippen LogP contribution in [0.1, 0.15) is 43.0 Å². The van der Waals surface area contributed by atoms with Crippen LogP contribution in [-0.2, 0) is 16.1 Å². The SMILES string of the molecule is CC(=O)c1cccc(NC(=O)Cn2cnc3nc(N4CCC[C@@H](C(=O)NC5CC5)C4)sc3c2=O)c1. The highest BCUT2D eigenvalue weighted by molar-refractivity contribution is 7.22. The molecule has 1 saturated carbocycles. The number of amides is 2. The molecule has 0 radical (unpaired) electrons. The van der Waals surface area contributed by atoms with E-state index in [1.807, 2.05) is 4.90 Å². The van der Waals surface area contributed by atoms with Crippen molar-refractivity contribution in [3.05, 3.63) is 46.5 Å². The molecule has 2 aromatic heterocycles. The second-order valence-corrected chi connectivity index (χ2v) is 10.1. The highest BCUT2D eigenvalue weighted by atomic mass is 32.1. The summed E-state index contributed by atoms with van der Waals surface area (Å²) >= 11 is 1.24. The third-order valence-corrected chi connectivity index (χ3v) is 7.32. The van der Waals surface area contributed by atoms with Gasteiger partial charge in [-0.3, -0.25) is 23.7 Å². The lowest BCUT2D eigenvalue weighted by Crippen LogP contribution is -2.43. The summed E-state index contributed by atoms with van der Waals surface area (Å²) in [6, 6.07) is 6.97. The summed E-state index contributed by atoms with van der Waals surface area (Å²) in [6.45, 7) is 2.57. The molecular formula is C24H26N6O4S. The van der Waals surface area contributed by atoms with Crippen molar-refractivity contribution in [2.45, 2.75) is 45.2 Å². The average Bonchev–Trinajstić information content (AvgIpc) is 3.55. The zero-order valence-electron chi connectivity index (χ0n) is 19.3. The van der Waals surface area contributed by atoms with Crippen LogP contribution in [-0.4, -0.2) is 51.3 Å². The smallest absolute Gasteiger partial charge is 0.273 e. The van der Waals surface area contributed by atoms with Gasteiger partial charge in [-0.25, -0.2) is 4.98 Å². The zero-order valence-corrected chi connectivity index (χ0v) is 20.1. The number of thiazole rings is 1. The Kier molecular flexibility index (Phi) is 6.33. The van der Waals surface area contributed by atoms with Crippen molar-refractivity contribution in [3.63, 3.8) is 0 Å². The van der Waals surface area contributed by atoms with Gasteiger partial charge in [0.1, 0.15) is 17.6 Å². The van der Waals surface area contributed by atoms with Gasteiger partial charge in [0.05, 0.1) is 5.92 Å². The molecule has 3 aromatic rings. The maximum absolute atomic E-state index is 13.0. The lowest BCUT2D eigenvalue weighted by atomic mass is 9.97. The van der Waals surface area contributed by atoms with Gasteiger partial charge in [-0.05, 0) is 44.7 Å². The third kappa shape index (κ3) is 5.24. The molecule has 5 rings (SSSR count). The van der Waals surface area contributed by atoms with Crippen molar-refractivity contribution >= 4 is 50.1 Å². The normalized spacial score (nSPS) is 17.9. The van der Waals surface area contributed by atoms with E-state index >= 15 is 0 Å². The fourth-order valence-electron chi connectivity index (χ4n) is 4.17. The van der Waals surface area contributed by atoms with Gasteiger partial charge in [0, 0.05) is 30.4 Å². The second kappa shape index (κ2) is 9.57. The molecule has 11 heteroatoms. The highest BCUT2D eigenvalue weighted by Crippen LogP contribution is 2.30. The minimum atomic E-state index is -0.403. The number of nitrogens with one attached hydrogen (secondary N) is 2. The van der Waals surface area contributed by atoms with Crippen molar-refractivity contribution in [3.8, 4) is 0 Å². The van der Waals surface area contributed by atoms with Crippen molar-refractivity contribution < 1.29 is 14.4 Å². The summed E-state index contributed by atoms with van der Waals surface area (Å²) in [5.41, 5.74) is 0.970. The molecule has 2 fully saturated rings. The van der Waals surface area contributed by atoms with Crippen LogP contribution in [0.3, 0.4) is 0 Å². The third-order valence-electron chi connectivity index (χ3n) is 6.23. The Morgan fingerprint density at radius 3 is 2.80 bits per heavy atom. The molecule has 1 aliphatic carbocycles. The van der Waals surface area contributed by atoms with Crippen molar-refractivity contribution in [2.24, 2.45) is 5.92 Å². The molecule has 2 N–H and O–H groups in total. The Morgan fingerprint density at radius 1 is 1.20 bits per heavy atom. The lowest BCUT2D eigenvalue weighted by Gasteiger charge is -2.31. The minimum Gasteiger partial charge on any atom is -0.353 e. The number of hydrogen-bond donors (Lipinski definition) is 2. The van der Waals surface area contributed by atoms with Crippen LogP contribution in [0.25, 0.3) is 10.3 Å². The number of benzene rings is 1. The van der Waals surface area contributed by atoms with Gasteiger partial charge in [0.15, 0.2) is 16.6 Å². The Bertz CT molecular complexity index is 1360. The summed E-state index contributed by atoms with van der Waals surface area (Å²) in [7, 11) is 0. The van der Waals surface area contributed by atoms with Crippen LogP contribution in [0.5, 0.6) is 0 Å². The molecule has 3 heterocycles. The molecule has 0 bridgehead atoms. The van der Waals surface area contributed by atoms with Gasteiger partial charge in [-0.2, -0.15) is 4.98 Å². The number of piperidine rings is 1. The number of carbonyl (C=O) groups is 3. The highest BCUT2D eigenvalue weighted by Gasteiger charge is 2.31. The van der Waals surface area contributed by atoms with E-state index in [0.29, 0.717) is 39.3 Å². The first kappa shape index (κ1) is 23.2. The standard InChI is InChI=1S/C24H26N6O4S/c1-14(31)15-4-2-6-18(10-15)26-19(32)12-30-13-25-21-20(23(30)34)35-24(28-21)29-9-3-5-16(11-29)22(33)27-17-7-8-17/h2,4,6,10,13,16-17H,3,5,7-9,11-12H2,1H3,(H,26,32)(H,27,33)/t16-/m1/s1. The van der Waals surface area contributed by atoms with Gasteiger partial charge in [-0.15, -0.1) is 0 Å². The molecule has 1 saturated heterocycles. The molecule has 182 valence electrons. The summed E-state index contributed by atoms with van der Waals surface area (Å²) < 4.78 is 1.62. The van der Waals surface area contributed by atoms with E-state index in [2.05, 4.69) is 20.6 Å². The number of aromatic nitrogens is 3. The zero-order chi connectivity index (χ0) is 24.5. The average molecular weight is 495 g/mol. The minimum absolute atomic E-state index is 0.0915. The summed E-state index contributed by atoms with van der Waals surface area (Å²) in [4.78, 5) is 60.5. The van der Waals surface area contributed by atoms with E-state index < -0.39 is 5.91 Å². The van der Waals surface area contributed by atoms with Gasteiger partial charge >= 0.3 is 0 Å². The summed E-state index contributed by atoms with van der Waals surface area (Å²) in [6.07, 6.45) is 5.15. The van der Waals surface area contributed by atoms with Crippen LogP contribution < -0.4 is 21.1 Å². The molecule has 0 spiro atoms. The Hall–Kier alpha value is -3.60. The number of nitrogens with zero attached hydrogens (tertiary/aromatic N) is 4. The Balaban J connectivity index is 1.29. The number of fused-ring (bicyclic) bond motifs is 1. The molecular weight excluding hydrogens is 468 g/mol. The number of hydrogen-bond acceptors (Lipinski definition) is 8. The van der Waals surface area contributed by atoms with Crippen LogP contribution >= 0.6 is 11.3 Å². The maximum atomic E-state index is 13.0. The molecule has 2 aliphatic rings. The molecule has 2 amide bonds. The number of anilines is 2. The Morgan fingerprint density at radius 2 is 2.03 bits per heavy atom. The lowest BCUT2D eigenvalue weighted by molar-refractivity contribution is -0.125. The first-order valence-corrected chi connectivity index (χ1v) is 12.5. The van der Waals surface area contributed by atoms with Gasteiger partial charge in [0.25, 0.3) is 5.56 Å². The fraction of sp³-hybridized carbons (Fsp3) is 0.417. The largest absolute Gasteiger partial charge is 0.353 e. The maximum Gasteiger partial charge on any atom is 0.273 e. The second-order valence-electron chi connectivity index (χ2n) is 9.08. The van der Waals surface area contributed by atoms with Crippen molar-refractivity contribution in [2.75, 3.05) is 23.3 Å². The monoisotopic (exact) mass is 494 g/mol. The topological polar surface area (TPSA) is 126 Å². The molecule has 1 aliphatic heterocycles. The first-order valence-electron chi connectivity index (χ1n) is 11.7. The fourth-order valence-corrected chi connectivity index (χ4v) is 5.17. The quantitative estimate of drug-likeness (QED) is 0.482. The predicted octanol–water partition coefficient (Wildman–Crippen LogP) is 2.19. The van der Waals surface area contributed by atoms with E-state index in [0.717, 1.165) is 32.2 Å². The van der Waals surface area contributed by atoms with Crippen LogP contribution in [0.4, 0.5) is 10.8 Å². The van der Waals surface area contributed by atoms with E-state index in [1.165, 1.54) is 29.2 Å². The van der Waals surface area contributed by atoms with Gasteiger partial charge < -0.3 is 15.5 Å². The predicted molar refractivity (Wildman–Crippen MR) is 133 cm³/mol. The molecule has 0 unspecified atom stereocenters. The van der Waals surface area contributed by atoms with E-state index in [9.17, 15) is 19.2 Å². The van der Waals surface area contributed by atoms with Crippen molar-refractivity contribution in [1.29, 1.82) is 0 Å². The first-order chi connectivity index (χ1) is 16.9. The summed E-state index contributed by atoms with van der Waals surface area (Å²) in [5.74, 6) is -0.499. The van der Waals surface area contributed by atoms with Crippen LogP contribution in [0.15, 0.2) is 35.4 Å². The molecule has 10 nitrogen and oxygen atoms in total. The molecule has 1 aromatic carbocycles. The van der Waals surface area contributed by atoms with Gasteiger partial charge in [-0.1, -0.05) is 23.5 Å².